The van der Waals surface area contributed by atoms with Gasteiger partial charge in [-0.25, -0.2) is 0 Å². The Morgan fingerprint density at radius 2 is 1.95 bits per heavy atom. The summed E-state index contributed by atoms with van der Waals surface area (Å²) in [6, 6.07) is 3.89. The SMILES string of the molecule is COCCC1(CNCc2cc(Cl)c(OC)c(OC)c2)CC1. The third-order valence-corrected chi connectivity index (χ3v) is 4.40. The van der Waals surface area contributed by atoms with Crippen molar-refractivity contribution < 1.29 is 14.2 Å². The fraction of sp³-hybridized carbons (Fsp3) is 0.625. The Labute approximate surface area is 131 Å². The fourth-order valence-corrected chi connectivity index (χ4v) is 2.87. The summed E-state index contributed by atoms with van der Waals surface area (Å²) >= 11 is 6.21. The Hall–Kier alpha value is -0.970. The largest absolute Gasteiger partial charge is 0.493 e. The zero-order valence-corrected chi connectivity index (χ0v) is 13.8. The van der Waals surface area contributed by atoms with E-state index >= 15 is 0 Å². The number of hydrogen-bond acceptors (Lipinski definition) is 4. The lowest BCUT2D eigenvalue weighted by molar-refractivity contribution is 0.171. The number of rotatable bonds is 9. The standard InChI is InChI=1S/C16H24ClNO3/c1-19-7-6-16(4-5-16)11-18-10-12-8-13(17)15(21-3)14(9-12)20-2/h8-9,18H,4-7,10-11H2,1-3H3. The molecule has 4 nitrogen and oxygen atoms in total. The van der Waals surface area contributed by atoms with Crippen molar-refractivity contribution in [2.75, 3.05) is 34.5 Å². The third-order valence-electron chi connectivity index (χ3n) is 4.12. The van der Waals surface area contributed by atoms with E-state index in [0.29, 0.717) is 21.9 Å². The van der Waals surface area contributed by atoms with Crippen molar-refractivity contribution in [2.45, 2.75) is 25.8 Å². The van der Waals surface area contributed by atoms with Crippen molar-refractivity contribution in [3.8, 4) is 11.5 Å². The minimum absolute atomic E-state index is 0.441. The molecule has 0 amide bonds. The monoisotopic (exact) mass is 313 g/mol. The van der Waals surface area contributed by atoms with Gasteiger partial charge in [0.2, 0.25) is 0 Å². The summed E-state index contributed by atoms with van der Waals surface area (Å²) in [6.07, 6.45) is 3.70. The van der Waals surface area contributed by atoms with Crippen molar-refractivity contribution in [1.82, 2.24) is 5.32 Å². The van der Waals surface area contributed by atoms with Crippen molar-refractivity contribution in [3.63, 3.8) is 0 Å². The Morgan fingerprint density at radius 3 is 2.52 bits per heavy atom. The van der Waals surface area contributed by atoms with E-state index in [1.165, 1.54) is 12.8 Å². The van der Waals surface area contributed by atoms with Gasteiger partial charge in [0.25, 0.3) is 0 Å². The van der Waals surface area contributed by atoms with Crippen LogP contribution >= 0.6 is 11.6 Å². The molecule has 0 atom stereocenters. The van der Waals surface area contributed by atoms with Crippen LogP contribution in [0.25, 0.3) is 0 Å². The van der Waals surface area contributed by atoms with Crippen LogP contribution < -0.4 is 14.8 Å². The van der Waals surface area contributed by atoms with Crippen LogP contribution in [0.3, 0.4) is 0 Å². The average molecular weight is 314 g/mol. The zero-order valence-electron chi connectivity index (χ0n) is 13.0. The molecule has 21 heavy (non-hydrogen) atoms. The van der Waals surface area contributed by atoms with Gasteiger partial charge in [0.1, 0.15) is 0 Å². The highest BCUT2D eigenvalue weighted by molar-refractivity contribution is 6.32. The topological polar surface area (TPSA) is 39.7 Å². The van der Waals surface area contributed by atoms with Crippen LogP contribution in [-0.4, -0.2) is 34.5 Å². The summed E-state index contributed by atoms with van der Waals surface area (Å²) in [4.78, 5) is 0. The molecule has 118 valence electrons. The van der Waals surface area contributed by atoms with Crippen LogP contribution in [-0.2, 0) is 11.3 Å². The van der Waals surface area contributed by atoms with Gasteiger partial charge in [-0.3, -0.25) is 0 Å². The van der Waals surface area contributed by atoms with Gasteiger partial charge in [0.05, 0.1) is 19.2 Å². The molecule has 0 saturated heterocycles. The van der Waals surface area contributed by atoms with E-state index in [-0.39, 0.29) is 0 Å². The molecule has 1 aromatic rings. The molecule has 0 heterocycles. The molecule has 1 fully saturated rings. The van der Waals surface area contributed by atoms with E-state index in [1.807, 2.05) is 12.1 Å². The Balaban J connectivity index is 1.90. The van der Waals surface area contributed by atoms with Gasteiger partial charge in [0, 0.05) is 26.8 Å². The van der Waals surface area contributed by atoms with Crippen LogP contribution in [0.15, 0.2) is 12.1 Å². The highest BCUT2D eigenvalue weighted by atomic mass is 35.5. The van der Waals surface area contributed by atoms with Gasteiger partial charge in [-0.1, -0.05) is 11.6 Å². The summed E-state index contributed by atoms with van der Waals surface area (Å²) < 4.78 is 15.7. The zero-order chi connectivity index (χ0) is 15.3. The van der Waals surface area contributed by atoms with E-state index in [0.717, 1.165) is 31.7 Å². The number of ether oxygens (including phenoxy) is 3. The maximum Gasteiger partial charge on any atom is 0.179 e. The van der Waals surface area contributed by atoms with E-state index in [4.69, 9.17) is 25.8 Å². The molecule has 0 unspecified atom stereocenters. The van der Waals surface area contributed by atoms with Crippen LogP contribution in [0.5, 0.6) is 11.5 Å². The average Bonchev–Trinajstić information content (AvgIpc) is 3.25. The van der Waals surface area contributed by atoms with Crippen LogP contribution in [0.1, 0.15) is 24.8 Å². The summed E-state index contributed by atoms with van der Waals surface area (Å²) in [5, 5.41) is 4.10. The number of hydrogen-bond donors (Lipinski definition) is 1. The number of halogens is 1. The van der Waals surface area contributed by atoms with Crippen molar-refractivity contribution >= 4 is 11.6 Å². The molecule has 0 spiro atoms. The molecule has 0 radical (unpaired) electrons. The normalized spacial score (nSPS) is 15.8. The molecule has 0 aromatic heterocycles. The maximum atomic E-state index is 6.21. The molecule has 5 heteroatoms. The van der Waals surface area contributed by atoms with Gasteiger partial charge in [-0.05, 0) is 42.4 Å². The predicted molar refractivity (Wildman–Crippen MR) is 84.4 cm³/mol. The Morgan fingerprint density at radius 1 is 1.19 bits per heavy atom. The number of benzene rings is 1. The minimum Gasteiger partial charge on any atom is -0.493 e. The summed E-state index contributed by atoms with van der Waals surface area (Å²) in [7, 11) is 4.97. The minimum atomic E-state index is 0.441. The summed E-state index contributed by atoms with van der Waals surface area (Å²) in [6.45, 7) is 2.63. The van der Waals surface area contributed by atoms with Crippen LogP contribution in [0.2, 0.25) is 5.02 Å². The lowest BCUT2D eigenvalue weighted by Crippen LogP contribution is -2.24. The highest BCUT2D eigenvalue weighted by Gasteiger charge is 2.41. The molecule has 2 rings (SSSR count). The van der Waals surface area contributed by atoms with Gasteiger partial charge < -0.3 is 19.5 Å². The van der Waals surface area contributed by atoms with Crippen molar-refractivity contribution in [3.05, 3.63) is 22.7 Å². The number of nitrogens with one attached hydrogen (secondary N) is 1. The molecular formula is C16H24ClNO3. The molecule has 1 aromatic carbocycles. The van der Waals surface area contributed by atoms with E-state index in [9.17, 15) is 0 Å². The second-order valence-corrected chi connectivity index (χ2v) is 6.07. The number of methoxy groups -OCH3 is 3. The van der Waals surface area contributed by atoms with Gasteiger partial charge in [-0.2, -0.15) is 0 Å². The first-order valence-corrected chi connectivity index (χ1v) is 7.62. The molecule has 0 aliphatic heterocycles. The first-order valence-electron chi connectivity index (χ1n) is 7.24. The van der Waals surface area contributed by atoms with Gasteiger partial charge in [0.15, 0.2) is 11.5 Å². The predicted octanol–water partition coefficient (Wildman–Crippen LogP) is 3.26. The quantitative estimate of drug-likeness (QED) is 0.759. The Bertz CT molecular complexity index is 475. The first kappa shape index (κ1) is 16.4. The molecule has 1 aliphatic rings. The Kier molecular flexibility index (Phi) is 5.73. The second-order valence-electron chi connectivity index (χ2n) is 5.66. The van der Waals surface area contributed by atoms with Crippen molar-refractivity contribution in [1.29, 1.82) is 0 Å². The smallest absolute Gasteiger partial charge is 0.179 e. The van der Waals surface area contributed by atoms with Gasteiger partial charge >= 0.3 is 0 Å². The highest BCUT2D eigenvalue weighted by Crippen LogP contribution is 2.48. The van der Waals surface area contributed by atoms with E-state index in [1.54, 1.807) is 21.3 Å². The molecule has 1 saturated carbocycles. The third kappa shape index (κ3) is 4.25. The molecule has 1 N–H and O–H groups in total. The second kappa shape index (κ2) is 7.34. The first-order chi connectivity index (χ1) is 10.1. The fourth-order valence-electron chi connectivity index (χ4n) is 2.56. The van der Waals surface area contributed by atoms with E-state index in [2.05, 4.69) is 5.32 Å². The molecule has 1 aliphatic carbocycles. The van der Waals surface area contributed by atoms with Crippen LogP contribution in [0.4, 0.5) is 0 Å². The lowest BCUT2D eigenvalue weighted by Gasteiger charge is -2.16. The maximum absolute atomic E-state index is 6.21. The summed E-state index contributed by atoms with van der Waals surface area (Å²) in [5.74, 6) is 1.25. The van der Waals surface area contributed by atoms with E-state index < -0.39 is 0 Å². The lowest BCUT2D eigenvalue weighted by atomic mass is 10.0. The summed E-state index contributed by atoms with van der Waals surface area (Å²) in [5.41, 5.74) is 1.54. The van der Waals surface area contributed by atoms with Crippen molar-refractivity contribution in [2.24, 2.45) is 5.41 Å². The van der Waals surface area contributed by atoms with Crippen LogP contribution in [0, 0.1) is 5.41 Å². The van der Waals surface area contributed by atoms with Gasteiger partial charge in [-0.15, -0.1) is 0 Å². The molecule has 0 bridgehead atoms. The molecular weight excluding hydrogens is 290 g/mol.